The fourth-order valence-corrected chi connectivity index (χ4v) is 0.596. The molecule has 0 aliphatic rings. The van der Waals surface area contributed by atoms with Crippen LogP contribution >= 0.6 is 0 Å². The minimum absolute atomic E-state index is 0.0719. The van der Waals surface area contributed by atoms with Crippen LogP contribution in [0.2, 0.25) is 0 Å². The van der Waals surface area contributed by atoms with Gasteiger partial charge in [-0.3, -0.25) is 4.99 Å². The molecule has 0 bridgehead atoms. The summed E-state index contributed by atoms with van der Waals surface area (Å²) in [5.41, 5.74) is -0.922. The molecule has 0 aliphatic carbocycles. The van der Waals surface area contributed by atoms with E-state index in [9.17, 15) is 13.2 Å². The fourth-order valence-electron chi connectivity index (χ4n) is 0.596. The van der Waals surface area contributed by atoms with Gasteiger partial charge in [0, 0.05) is 6.04 Å². The largest absolute Gasteiger partial charge is 0.432 e. The van der Waals surface area contributed by atoms with Crippen molar-refractivity contribution in [3.05, 3.63) is 12.7 Å². The van der Waals surface area contributed by atoms with Crippen LogP contribution in [-0.2, 0) is 0 Å². The van der Waals surface area contributed by atoms with Gasteiger partial charge in [-0.25, -0.2) is 0 Å². The van der Waals surface area contributed by atoms with E-state index in [1.807, 2.05) is 0 Å². The van der Waals surface area contributed by atoms with E-state index in [0.29, 0.717) is 0 Å². The molecule has 1 atom stereocenters. The third-order valence-electron chi connectivity index (χ3n) is 1.51. The third-order valence-corrected chi connectivity index (χ3v) is 1.51. The van der Waals surface area contributed by atoms with Crippen molar-refractivity contribution in [2.75, 3.05) is 13.6 Å². The first-order valence-electron chi connectivity index (χ1n) is 3.83. The summed E-state index contributed by atoms with van der Waals surface area (Å²) in [4.78, 5) is 3.40. The van der Waals surface area contributed by atoms with E-state index in [2.05, 4.69) is 16.9 Å². The van der Waals surface area contributed by atoms with Gasteiger partial charge in [-0.15, -0.1) is 0 Å². The van der Waals surface area contributed by atoms with Crippen LogP contribution in [0, 0.1) is 0 Å². The maximum atomic E-state index is 12.1. The molecule has 0 amide bonds. The number of rotatable bonds is 4. The molecule has 0 spiro atoms. The predicted molar refractivity (Wildman–Crippen MR) is 47.1 cm³/mol. The van der Waals surface area contributed by atoms with Crippen molar-refractivity contribution in [2.24, 2.45) is 4.99 Å². The molecular weight excluding hydrogens is 181 g/mol. The Hall–Kier alpha value is -0.840. The van der Waals surface area contributed by atoms with E-state index < -0.39 is 11.9 Å². The fraction of sp³-hybridized carbons (Fsp3) is 0.625. The number of halogens is 3. The third kappa shape index (κ3) is 4.67. The van der Waals surface area contributed by atoms with Gasteiger partial charge in [0.2, 0.25) is 0 Å². The number of aliphatic imine (C=N–C) groups is 1. The van der Waals surface area contributed by atoms with Crippen LogP contribution in [0.5, 0.6) is 0 Å². The molecule has 5 heteroatoms. The number of nitrogens with zero attached hydrogens (tertiary/aromatic N) is 1. The normalized spacial score (nSPS) is 15.6. The van der Waals surface area contributed by atoms with Gasteiger partial charge < -0.3 is 5.32 Å². The molecule has 0 saturated heterocycles. The van der Waals surface area contributed by atoms with Crippen molar-refractivity contribution in [3.63, 3.8) is 0 Å². The lowest BCUT2D eigenvalue weighted by Gasteiger charge is -2.09. The van der Waals surface area contributed by atoms with Gasteiger partial charge in [-0.05, 0) is 20.0 Å². The van der Waals surface area contributed by atoms with E-state index in [1.165, 1.54) is 0 Å². The molecule has 0 heterocycles. The average molecular weight is 194 g/mol. The lowest BCUT2D eigenvalue weighted by atomic mass is 10.3. The molecule has 0 fully saturated rings. The van der Waals surface area contributed by atoms with Crippen molar-refractivity contribution < 1.29 is 13.2 Å². The molecule has 0 rings (SSSR count). The SMILES string of the molecule is C=C/C(=N\CC(C)NC)C(F)(F)F. The number of hydrogen-bond acceptors (Lipinski definition) is 2. The summed E-state index contributed by atoms with van der Waals surface area (Å²) in [5, 5.41) is 2.79. The molecule has 0 aromatic rings. The molecule has 0 aromatic heterocycles. The molecule has 1 N–H and O–H groups in total. The lowest BCUT2D eigenvalue weighted by Crippen LogP contribution is -2.27. The number of nitrogens with one attached hydrogen (secondary N) is 1. The zero-order valence-corrected chi connectivity index (χ0v) is 7.65. The van der Waals surface area contributed by atoms with Crippen LogP contribution in [0.15, 0.2) is 17.6 Å². The molecule has 1 unspecified atom stereocenters. The number of likely N-dealkylation sites (N-methyl/N-ethyl adjacent to an activating group) is 1. The molecule has 0 aromatic carbocycles. The van der Waals surface area contributed by atoms with E-state index in [4.69, 9.17) is 0 Å². The first-order chi connectivity index (χ1) is 5.91. The maximum Gasteiger partial charge on any atom is 0.432 e. The highest BCUT2D eigenvalue weighted by Gasteiger charge is 2.33. The van der Waals surface area contributed by atoms with Gasteiger partial charge in [-0.2, -0.15) is 13.2 Å². The Morgan fingerprint density at radius 1 is 1.62 bits per heavy atom. The second-order valence-electron chi connectivity index (χ2n) is 2.62. The van der Waals surface area contributed by atoms with Crippen LogP contribution < -0.4 is 5.32 Å². The smallest absolute Gasteiger partial charge is 0.315 e. The average Bonchev–Trinajstić information content (AvgIpc) is 2.02. The summed E-state index contributed by atoms with van der Waals surface area (Å²) in [6.45, 7) is 4.91. The van der Waals surface area contributed by atoms with Crippen molar-refractivity contribution in [1.82, 2.24) is 5.32 Å². The van der Waals surface area contributed by atoms with Crippen LogP contribution in [-0.4, -0.2) is 31.5 Å². The first kappa shape index (κ1) is 12.2. The van der Waals surface area contributed by atoms with Crippen molar-refractivity contribution in [1.29, 1.82) is 0 Å². The topological polar surface area (TPSA) is 24.4 Å². The molecule has 0 aliphatic heterocycles. The summed E-state index contributed by atoms with van der Waals surface area (Å²) >= 11 is 0. The monoisotopic (exact) mass is 194 g/mol. The number of allylic oxidation sites excluding steroid dienone is 1. The zero-order valence-electron chi connectivity index (χ0n) is 7.65. The summed E-state index contributed by atoms with van der Waals surface area (Å²) in [7, 11) is 1.67. The Morgan fingerprint density at radius 3 is 2.46 bits per heavy atom. The molecule has 2 nitrogen and oxygen atoms in total. The van der Waals surface area contributed by atoms with E-state index >= 15 is 0 Å². The summed E-state index contributed by atoms with van der Waals surface area (Å²) in [6.07, 6.45) is -3.67. The quantitative estimate of drug-likeness (QED) is 0.678. The van der Waals surface area contributed by atoms with Gasteiger partial charge >= 0.3 is 6.18 Å². The Kier molecular flexibility index (Phi) is 4.69. The van der Waals surface area contributed by atoms with Gasteiger partial charge in [0.15, 0.2) is 0 Å². The zero-order chi connectivity index (χ0) is 10.5. The number of alkyl halides is 3. The van der Waals surface area contributed by atoms with Crippen LogP contribution in [0.4, 0.5) is 13.2 Å². The van der Waals surface area contributed by atoms with Crippen molar-refractivity contribution >= 4 is 5.71 Å². The summed E-state index contributed by atoms with van der Waals surface area (Å²) in [6, 6.07) is -0.0719. The minimum Gasteiger partial charge on any atom is -0.315 e. The van der Waals surface area contributed by atoms with E-state index in [0.717, 1.165) is 6.08 Å². The van der Waals surface area contributed by atoms with Crippen LogP contribution in [0.1, 0.15) is 6.92 Å². The second-order valence-corrected chi connectivity index (χ2v) is 2.62. The predicted octanol–water partition coefficient (Wildman–Crippen LogP) is 1.78. The summed E-state index contributed by atoms with van der Waals surface area (Å²) < 4.78 is 36.2. The highest BCUT2D eigenvalue weighted by molar-refractivity contribution is 5.98. The molecule has 0 saturated carbocycles. The van der Waals surface area contributed by atoms with E-state index in [1.54, 1.807) is 14.0 Å². The van der Waals surface area contributed by atoms with Gasteiger partial charge in [0.1, 0.15) is 5.71 Å². The number of hydrogen-bond donors (Lipinski definition) is 1. The van der Waals surface area contributed by atoms with Gasteiger partial charge in [-0.1, -0.05) is 6.58 Å². The standard InChI is InChI=1S/C8H13F3N2/c1-4-7(8(9,10)11)13-5-6(2)12-3/h4,6,12H,1,5H2,2-3H3/b13-7+. The second kappa shape index (κ2) is 5.01. The molecular formula is C8H13F3N2. The Labute approximate surface area is 75.5 Å². The molecule has 13 heavy (non-hydrogen) atoms. The maximum absolute atomic E-state index is 12.1. The van der Waals surface area contributed by atoms with Crippen LogP contribution in [0.25, 0.3) is 0 Å². The first-order valence-corrected chi connectivity index (χ1v) is 3.83. The highest BCUT2D eigenvalue weighted by Crippen LogP contribution is 2.17. The molecule has 76 valence electrons. The van der Waals surface area contributed by atoms with Crippen LogP contribution in [0.3, 0.4) is 0 Å². The van der Waals surface area contributed by atoms with Crippen molar-refractivity contribution in [3.8, 4) is 0 Å². The minimum atomic E-state index is -4.39. The highest BCUT2D eigenvalue weighted by atomic mass is 19.4. The van der Waals surface area contributed by atoms with Gasteiger partial charge in [0.05, 0.1) is 6.54 Å². The summed E-state index contributed by atoms with van der Waals surface area (Å²) in [5.74, 6) is 0. The van der Waals surface area contributed by atoms with Crippen molar-refractivity contribution in [2.45, 2.75) is 19.1 Å². The molecule has 0 radical (unpaired) electrons. The lowest BCUT2D eigenvalue weighted by molar-refractivity contribution is -0.0578. The van der Waals surface area contributed by atoms with Gasteiger partial charge in [0.25, 0.3) is 0 Å². The Balaban J connectivity index is 4.32. The Morgan fingerprint density at radius 2 is 2.15 bits per heavy atom. The van der Waals surface area contributed by atoms with E-state index in [-0.39, 0.29) is 12.6 Å². The Bertz CT molecular complexity index is 196.